The van der Waals surface area contributed by atoms with Gasteiger partial charge in [-0.15, -0.1) is 0 Å². The molecule has 0 heterocycles. The summed E-state index contributed by atoms with van der Waals surface area (Å²) < 4.78 is 22.2. The van der Waals surface area contributed by atoms with E-state index in [0.29, 0.717) is 0 Å². The van der Waals surface area contributed by atoms with Crippen LogP contribution in [-0.4, -0.2) is 24.3 Å². The number of ketones is 1. The SMILES string of the molecule is CCOP(=O)(OCC)C(C)(N=N)C(C)=O. The Kier molecular flexibility index (Phi) is 5.28. The van der Waals surface area contributed by atoms with Crippen LogP contribution in [0.25, 0.3) is 0 Å². The second-order valence-electron chi connectivity index (χ2n) is 3.02. The van der Waals surface area contributed by atoms with Crippen LogP contribution >= 0.6 is 7.60 Å². The fourth-order valence-corrected chi connectivity index (χ4v) is 2.73. The van der Waals surface area contributed by atoms with E-state index in [9.17, 15) is 9.36 Å². The average molecular weight is 236 g/mol. The summed E-state index contributed by atoms with van der Waals surface area (Å²) in [6, 6.07) is 0. The summed E-state index contributed by atoms with van der Waals surface area (Å²) in [6.45, 7) is 6.04. The van der Waals surface area contributed by atoms with Gasteiger partial charge < -0.3 is 9.05 Å². The van der Waals surface area contributed by atoms with Gasteiger partial charge in [-0.3, -0.25) is 9.36 Å². The first-order valence-electron chi connectivity index (χ1n) is 4.66. The van der Waals surface area contributed by atoms with E-state index in [4.69, 9.17) is 14.6 Å². The second-order valence-corrected chi connectivity index (χ2v) is 5.40. The molecule has 0 bridgehead atoms. The molecule has 7 heteroatoms. The third-order valence-corrected chi connectivity index (χ3v) is 4.69. The second kappa shape index (κ2) is 5.49. The van der Waals surface area contributed by atoms with Crippen molar-refractivity contribution in [3.63, 3.8) is 0 Å². The molecule has 0 spiro atoms. The van der Waals surface area contributed by atoms with E-state index >= 15 is 0 Å². The number of hydrogen-bond acceptors (Lipinski definition) is 6. The lowest BCUT2D eigenvalue weighted by Gasteiger charge is -2.28. The largest absolute Gasteiger partial charge is 0.367 e. The van der Waals surface area contributed by atoms with E-state index < -0.39 is 18.7 Å². The van der Waals surface area contributed by atoms with Gasteiger partial charge in [0, 0.05) is 0 Å². The smallest absolute Gasteiger partial charge is 0.307 e. The molecule has 15 heavy (non-hydrogen) atoms. The molecule has 0 saturated heterocycles. The Balaban J connectivity index is 5.28. The van der Waals surface area contributed by atoms with Crippen LogP contribution in [0.1, 0.15) is 27.7 Å². The summed E-state index contributed by atoms with van der Waals surface area (Å²) in [5.74, 6) is -0.511. The van der Waals surface area contributed by atoms with Gasteiger partial charge in [-0.2, -0.15) is 5.11 Å². The van der Waals surface area contributed by atoms with Crippen molar-refractivity contribution >= 4 is 13.4 Å². The number of nitrogens with zero attached hydrogens (tertiary/aromatic N) is 1. The van der Waals surface area contributed by atoms with Gasteiger partial charge in [0.15, 0.2) is 5.78 Å². The first-order chi connectivity index (χ1) is 6.88. The van der Waals surface area contributed by atoms with Crippen molar-refractivity contribution in [3.8, 4) is 0 Å². The minimum absolute atomic E-state index is 0.135. The minimum Gasteiger partial charge on any atom is -0.307 e. The minimum atomic E-state index is -3.70. The number of carbonyl (C=O) groups excluding carboxylic acids is 1. The monoisotopic (exact) mass is 236 g/mol. The lowest BCUT2D eigenvalue weighted by Crippen LogP contribution is -2.32. The fraction of sp³-hybridized carbons (Fsp3) is 0.875. The molecule has 1 N–H and O–H groups in total. The summed E-state index contributed by atoms with van der Waals surface area (Å²) in [5, 5.41) is 1.38. The molecular formula is C8H17N2O4P. The van der Waals surface area contributed by atoms with Gasteiger partial charge >= 0.3 is 7.60 Å². The Labute approximate surface area is 89.4 Å². The van der Waals surface area contributed by atoms with Crippen molar-refractivity contribution in [2.75, 3.05) is 13.2 Å². The Morgan fingerprint density at radius 2 is 1.80 bits per heavy atom. The molecule has 88 valence electrons. The Bertz CT molecular complexity index is 284. The molecule has 0 aromatic rings. The van der Waals surface area contributed by atoms with E-state index in [1.807, 2.05) is 0 Å². The highest BCUT2D eigenvalue weighted by atomic mass is 31.2. The molecule has 6 nitrogen and oxygen atoms in total. The number of hydrogen-bond donors (Lipinski definition) is 1. The summed E-state index contributed by atoms with van der Waals surface area (Å²) in [6.07, 6.45) is 0. The van der Waals surface area contributed by atoms with E-state index in [-0.39, 0.29) is 13.2 Å². The Morgan fingerprint density at radius 3 is 2.00 bits per heavy atom. The highest BCUT2D eigenvalue weighted by Crippen LogP contribution is 2.60. The maximum absolute atomic E-state index is 12.2. The van der Waals surface area contributed by atoms with Crippen LogP contribution in [0.5, 0.6) is 0 Å². The highest BCUT2D eigenvalue weighted by Gasteiger charge is 2.51. The quantitative estimate of drug-likeness (QED) is 0.543. The summed E-state index contributed by atoms with van der Waals surface area (Å²) in [5.41, 5.74) is 6.97. The van der Waals surface area contributed by atoms with Gasteiger partial charge in [0.1, 0.15) is 0 Å². The third kappa shape index (κ3) is 2.71. The van der Waals surface area contributed by atoms with Crippen LogP contribution in [0.4, 0.5) is 0 Å². The van der Waals surface area contributed by atoms with Crippen LogP contribution in [0.2, 0.25) is 0 Å². The van der Waals surface area contributed by atoms with Gasteiger partial charge in [-0.05, 0) is 27.7 Å². The first-order valence-corrected chi connectivity index (χ1v) is 6.21. The standard InChI is InChI=1S/C8H17N2O4P/c1-5-13-15(12,14-6-2)8(4,10-9)7(3)11/h9H,5-6H2,1-4H3. The Hall–Kier alpha value is -0.580. The zero-order valence-electron chi connectivity index (χ0n) is 9.44. The zero-order valence-corrected chi connectivity index (χ0v) is 10.3. The van der Waals surface area contributed by atoms with Gasteiger partial charge in [0.2, 0.25) is 5.28 Å². The van der Waals surface area contributed by atoms with Crippen LogP contribution in [0, 0.1) is 5.53 Å². The topological polar surface area (TPSA) is 88.8 Å². The summed E-state index contributed by atoms with van der Waals surface area (Å²) >= 11 is 0. The van der Waals surface area contributed by atoms with E-state index in [1.165, 1.54) is 13.8 Å². The lowest BCUT2D eigenvalue weighted by atomic mass is 10.2. The van der Waals surface area contributed by atoms with Crippen molar-refractivity contribution in [2.45, 2.75) is 33.0 Å². The van der Waals surface area contributed by atoms with Gasteiger partial charge in [-0.25, -0.2) is 5.53 Å². The van der Waals surface area contributed by atoms with Crippen LogP contribution < -0.4 is 0 Å². The maximum atomic E-state index is 12.2. The molecule has 0 saturated carbocycles. The molecule has 0 fully saturated rings. The highest BCUT2D eigenvalue weighted by molar-refractivity contribution is 7.56. The molecule has 0 aliphatic rings. The molecule has 0 aliphatic heterocycles. The number of carbonyl (C=O) groups is 1. The lowest BCUT2D eigenvalue weighted by molar-refractivity contribution is -0.119. The molecule has 1 atom stereocenters. The van der Waals surface area contributed by atoms with E-state index in [0.717, 1.165) is 0 Å². The van der Waals surface area contributed by atoms with E-state index in [1.54, 1.807) is 13.8 Å². The number of rotatable bonds is 7. The first kappa shape index (κ1) is 14.4. The summed E-state index contributed by atoms with van der Waals surface area (Å²) in [4.78, 5) is 11.3. The molecule has 0 aromatic carbocycles. The third-order valence-electron chi connectivity index (χ3n) is 2.02. The predicted octanol–water partition coefficient (Wildman–Crippen LogP) is 2.59. The van der Waals surface area contributed by atoms with Crippen molar-refractivity contribution in [1.82, 2.24) is 0 Å². The van der Waals surface area contributed by atoms with E-state index in [2.05, 4.69) is 5.11 Å². The molecule has 0 amide bonds. The number of nitrogens with one attached hydrogen (secondary N) is 1. The van der Waals surface area contributed by atoms with Crippen molar-refractivity contribution in [3.05, 3.63) is 0 Å². The zero-order chi connectivity index (χ0) is 12.1. The van der Waals surface area contributed by atoms with Gasteiger partial charge in [-0.1, -0.05) is 0 Å². The molecular weight excluding hydrogens is 219 g/mol. The average Bonchev–Trinajstić information content (AvgIpc) is 2.16. The molecule has 0 aromatic heterocycles. The number of Topliss-reactive ketones (excluding diaryl/α,β-unsaturated/α-hetero) is 1. The van der Waals surface area contributed by atoms with Crippen LogP contribution in [0.15, 0.2) is 5.11 Å². The van der Waals surface area contributed by atoms with Crippen molar-refractivity contribution < 1.29 is 18.4 Å². The normalized spacial score (nSPS) is 15.7. The fourth-order valence-electron chi connectivity index (χ4n) is 0.961. The van der Waals surface area contributed by atoms with Gasteiger partial charge in [0.05, 0.1) is 13.2 Å². The molecule has 0 rings (SSSR count). The van der Waals surface area contributed by atoms with Gasteiger partial charge in [0.25, 0.3) is 0 Å². The molecule has 0 aliphatic carbocycles. The summed E-state index contributed by atoms with van der Waals surface area (Å²) in [7, 11) is -3.70. The van der Waals surface area contributed by atoms with Crippen molar-refractivity contribution in [2.24, 2.45) is 5.11 Å². The predicted molar refractivity (Wildman–Crippen MR) is 55.1 cm³/mol. The Morgan fingerprint density at radius 1 is 1.40 bits per heavy atom. The molecule has 1 unspecified atom stereocenters. The molecule has 0 radical (unpaired) electrons. The maximum Gasteiger partial charge on any atom is 0.367 e. The van der Waals surface area contributed by atoms with Crippen molar-refractivity contribution in [1.29, 1.82) is 5.53 Å². The van der Waals surface area contributed by atoms with Crippen LogP contribution in [0.3, 0.4) is 0 Å². The van der Waals surface area contributed by atoms with Crippen LogP contribution in [-0.2, 0) is 18.4 Å².